The lowest BCUT2D eigenvalue weighted by Crippen LogP contribution is -2.19. The van der Waals surface area contributed by atoms with Crippen LogP contribution < -0.4 is 5.32 Å². The van der Waals surface area contributed by atoms with Crippen LogP contribution in [0, 0.1) is 0 Å². The Balaban J connectivity index is 1.96. The highest BCUT2D eigenvalue weighted by Crippen LogP contribution is 2.10. The van der Waals surface area contributed by atoms with E-state index in [-0.39, 0.29) is 12.5 Å². The van der Waals surface area contributed by atoms with Gasteiger partial charge in [0.05, 0.1) is 12.7 Å². The van der Waals surface area contributed by atoms with Crippen molar-refractivity contribution < 1.29 is 14.3 Å². The Morgan fingerprint density at radius 2 is 2.05 bits per heavy atom. The van der Waals surface area contributed by atoms with E-state index >= 15 is 0 Å². The molecule has 1 aromatic carbocycles. The van der Waals surface area contributed by atoms with Crippen molar-refractivity contribution in [2.75, 3.05) is 12.4 Å². The molecule has 1 aromatic heterocycles. The van der Waals surface area contributed by atoms with Crippen molar-refractivity contribution in [1.29, 1.82) is 0 Å². The van der Waals surface area contributed by atoms with Crippen molar-refractivity contribution in [3.63, 3.8) is 0 Å². The Labute approximate surface area is 108 Å². The predicted octanol–water partition coefficient (Wildman–Crippen LogP) is 0.0984. The Kier molecular flexibility index (Phi) is 3.81. The van der Waals surface area contributed by atoms with Crippen LogP contribution in [0.4, 0.5) is 5.69 Å². The van der Waals surface area contributed by atoms with Crippen LogP contribution in [0.2, 0.25) is 0 Å². The molecule has 1 N–H and O–H groups in total. The minimum absolute atomic E-state index is 0.0196. The monoisotopic (exact) mass is 261 g/mol. The van der Waals surface area contributed by atoms with E-state index in [2.05, 4.69) is 25.6 Å². The van der Waals surface area contributed by atoms with Gasteiger partial charge in [-0.25, -0.2) is 9.48 Å². The van der Waals surface area contributed by atoms with Gasteiger partial charge >= 0.3 is 5.97 Å². The van der Waals surface area contributed by atoms with Crippen LogP contribution in [0.5, 0.6) is 0 Å². The second-order valence-corrected chi connectivity index (χ2v) is 3.62. The Bertz CT molecular complexity index is 565. The first-order valence-electron chi connectivity index (χ1n) is 5.38. The van der Waals surface area contributed by atoms with Crippen molar-refractivity contribution in [3.05, 3.63) is 36.2 Å². The van der Waals surface area contributed by atoms with Crippen LogP contribution in [0.15, 0.2) is 30.6 Å². The summed E-state index contributed by atoms with van der Waals surface area (Å²) in [7, 11) is 1.31. The molecule has 98 valence electrons. The molecule has 0 saturated carbocycles. The largest absolute Gasteiger partial charge is 0.465 e. The molecule has 8 nitrogen and oxygen atoms in total. The van der Waals surface area contributed by atoms with E-state index in [1.165, 1.54) is 18.1 Å². The molecule has 0 fully saturated rings. The fraction of sp³-hybridized carbons (Fsp3) is 0.182. The maximum atomic E-state index is 11.6. The van der Waals surface area contributed by atoms with E-state index in [9.17, 15) is 9.59 Å². The van der Waals surface area contributed by atoms with Crippen molar-refractivity contribution in [1.82, 2.24) is 20.2 Å². The number of hydrogen-bond acceptors (Lipinski definition) is 6. The zero-order chi connectivity index (χ0) is 13.7. The first-order valence-corrected chi connectivity index (χ1v) is 5.38. The van der Waals surface area contributed by atoms with Crippen molar-refractivity contribution in [2.45, 2.75) is 6.54 Å². The van der Waals surface area contributed by atoms with Crippen LogP contribution in [0.1, 0.15) is 10.4 Å². The lowest BCUT2D eigenvalue weighted by atomic mass is 10.2. The van der Waals surface area contributed by atoms with Crippen molar-refractivity contribution in [2.24, 2.45) is 0 Å². The summed E-state index contributed by atoms with van der Waals surface area (Å²) >= 11 is 0. The van der Waals surface area contributed by atoms with Gasteiger partial charge in [0.1, 0.15) is 12.9 Å². The van der Waals surface area contributed by atoms with E-state index in [0.717, 1.165) is 0 Å². The summed E-state index contributed by atoms with van der Waals surface area (Å²) < 4.78 is 5.88. The molecule has 0 aliphatic rings. The topological polar surface area (TPSA) is 99.0 Å². The number of nitrogens with zero attached hydrogens (tertiary/aromatic N) is 4. The minimum Gasteiger partial charge on any atom is -0.465 e. The van der Waals surface area contributed by atoms with E-state index in [4.69, 9.17) is 0 Å². The molecule has 1 heterocycles. The van der Waals surface area contributed by atoms with Gasteiger partial charge in [-0.2, -0.15) is 0 Å². The number of anilines is 1. The Hall–Kier alpha value is -2.77. The number of benzene rings is 1. The molecule has 0 radical (unpaired) electrons. The summed E-state index contributed by atoms with van der Waals surface area (Å²) in [4.78, 5) is 22.9. The minimum atomic E-state index is -0.424. The number of nitrogens with one attached hydrogen (secondary N) is 1. The smallest absolute Gasteiger partial charge is 0.337 e. The van der Waals surface area contributed by atoms with Gasteiger partial charge in [0.25, 0.3) is 0 Å². The standard InChI is InChI=1S/C11H11N5O3/c1-19-11(18)8-2-4-9(5-3-8)13-10(17)6-16-7-12-14-15-16/h2-5,7H,6H2,1H3,(H,13,17). The number of esters is 1. The molecule has 0 aliphatic carbocycles. The SMILES string of the molecule is COC(=O)c1ccc(NC(=O)Cn2cnnn2)cc1. The first kappa shape index (κ1) is 12.7. The molecule has 0 saturated heterocycles. The number of tetrazole rings is 1. The number of methoxy groups -OCH3 is 1. The van der Waals surface area contributed by atoms with Crippen LogP contribution in [-0.2, 0) is 16.1 Å². The Morgan fingerprint density at radius 1 is 1.32 bits per heavy atom. The van der Waals surface area contributed by atoms with Gasteiger partial charge in [0.2, 0.25) is 5.91 Å². The van der Waals surface area contributed by atoms with Crippen molar-refractivity contribution in [3.8, 4) is 0 Å². The summed E-state index contributed by atoms with van der Waals surface area (Å²) in [5, 5.41) is 13.1. The van der Waals surface area contributed by atoms with Gasteiger partial charge in [0.15, 0.2) is 0 Å². The van der Waals surface area contributed by atoms with Gasteiger partial charge < -0.3 is 10.1 Å². The lowest BCUT2D eigenvalue weighted by molar-refractivity contribution is -0.116. The molecule has 1 amide bonds. The number of aromatic nitrogens is 4. The zero-order valence-corrected chi connectivity index (χ0v) is 10.1. The van der Waals surface area contributed by atoms with Gasteiger partial charge in [-0.15, -0.1) is 5.10 Å². The number of amides is 1. The third kappa shape index (κ3) is 3.35. The second-order valence-electron chi connectivity index (χ2n) is 3.62. The number of ether oxygens (including phenoxy) is 1. The molecule has 8 heteroatoms. The molecule has 2 rings (SSSR count). The zero-order valence-electron chi connectivity index (χ0n) is 10.1. The summed E-state index contributed by atoms with van der Waals surface area (Å²) in [6, 6.07) is 6.37. The van der Waals surface area contributed by atoms with E-state index in [1.54, 1.807) is 24.3 Å². The van der Waals surface area contributed by atoms with Crippen LogP contribution in [0.25, 0.3) is 0 Å². The molecule has 0 bridgehead atoms. The summed E-state index contributed by atoms with van der Waals surface area (Å²) in [5.74, 6) is -0.690. The van der Waals surface area contributed by atoms with Crippen molar-refractivity contribution >= 4 is 17.6 Å². The summed E-state index contributed by atoms with van der Waals surface area (Å²) in [6.07, 6.45) is 1.35. The summed E-state index contributed by atoms with van der Waals surface area (Å²) in [6.45, 7) is 0.0196. The fourth-order valence-electron chi connectivity index (χ4n) is 1.41. The lowest BCUT2D eigenvalue weighted by Gasteiger charge is -2.05. The number of carbonyl (C=O) groups is 2. The van der Waals surface area contributed by atoms with Crippen LogP contribution >= 0.6 is 0 Å². The number of rotatable bonds is 4. The van der Waals surface area contributed by atoms with E-state index in [1.807, 2.05) is 0 Å². The van der Waals surface area contributed by atoms with E-state index < -0.39 is 5.97 Å². The maximum absolute atomic E-state index is 11.6. The van der Waals surface area contributed by atoms with E-state index in [0.29, 0.717) is 11.3 Å². The van der Waals surface area contributed by atoms with Gasteiger partial charge in [-0.3, -0.25) is 4.79 Å². The number of hydrogen-bond donors (Lipinski definition) is 1. The highest BCUT2D eigenvalue weighted by atomic mass is 16.5. The fourth-order valence-corrected chi connectivity index (χ4v) is 1.41. The first-order chi connectivity index (χ1) is 9.19. The molecular weight excluding hydrogens is 250 g/mol. The van der Waals surface area contributed by atoms with Crippen LogP contribution in [0.3, 0.4) is 0 Å². The number of carbonyl (C=O) groups excluding carboxylic acids is 2. The molecule has 0 spiro atoms. The second kappa shape index (κ2) is 5.71. The van der Waals surface area contributed by atoms with Gasteiger partial charge in [0, 0.05) is 5.69 Å². The molecule has 0 aliphatic heterocycles. The highest BCUT2D eigenvalue weighted by Gasteiger charge is 2.07. The molecule has 2 aromatic rings. The quantitative estimate of drug-likeness (QED) is 0.783. The Morgan fingerprint density at radius 3 is 2.63 bits per heavy atom. The molecule has 0 atom stereocenters. The third-order valence-corrected chi connectivity index (χ3v) is 2.29. The average molecular weight is 261 g/mol. The maximum Gasteiger partial charge on any atom is 0.337 e. The molecule has 19 heavy (non-hydrogen) atoms. The third-order valence-electron chi connectivity index (χ3n) is 2.29. The summed E-state index contributed by atoms with van der Waals surface area (Å²) in [5.41, 5.74) is 0.992. The average Bonchev–Trinajstić information content (AvgIpc) is 2.91. The molecule has 0 unspecified atom stereocenters. The highest BCUT2D eigenvalue weighted by molar-refractivity contribution is 5.92. The van der Waals surface area contributed by atoms with Gasteiger partial charge in [-0.1, -0.05) is 0 Å². The van der Waals surface area contributed by atoms with Crippen LogP contribution in [-0.4, -0.2) is 39.2 Å². The molecular formula is C11H11N5O3. The normalized spacial score (nSPS) is 9.95. The van der Waals surface area contributed by atoms with Gasteiger partial charge in [-0.05, 0) is 34.7 Å². The predicted molar refractivity (Wildman–Crippen MR) is 64.2 cm³/mol.